The third kappa shape index (κ3) is 2.60. The number of fused-ring (bicyclic) bond motifs is 1. The summed E-state index contributed by atoms with van der Waals surface area (Å²) in [4.78, 5) is 31.6. The van der Waals surface area contributed by atoms with Crippen molar-refractivity contribution in [2.24, 2.45) is 0 Å². The van der Waals surface area contributed by atoms with Gasteiger partial charge in [0.1, 0.15) is 5.69 Å². The van der Waals surface area contributed by atoms with E-state index in [0.29, 0.717) is 30.1 Å². The summed E-state index contributed by atoms with van der Waals surface area (Å²) in [7, 11) is 0. The van der Waals surface area contributed by atoms with E-state index < -0.39 is 0 Å². The summed E-state index contributed by atoms with van der Waals surface area (Å²) in [6.45, 7) is 6.85. The van der Waals surface area contributed by atoms with Gasteiger partial charge in [-0.15, -0.1) is 0 Å². The van der Waals surface area contributed by atoms with Gasteiger partial charge in [0.2, 0.25) is 0 Å². The molecule has 6 nitrogen and oxygen atoms in total. The molecule has 0 saturated heterocycles. The molecule has 0 spiro atoms. The van der Waals surface area contributed by atoms with Crippen molar-refractivity contribution in [3.8, 4) is 5.69 Å². The minimum Gasteiger partial charge on any atom is -0.338 e. The highest BCUT2D eigenvalue weighted by molar-refractivity contribution is 5.94. The van der Waals surface area contributed by atoms with Crippen molar-refractivity contribution >= 4 is 11.6 Å². The molecule has 0 aliphatic carbocycles. The highest BCUT2D eigenvalue weighted by Crippen LogP contribution is 2.17. The smallest absolute Gasteiger partial charge is 0.273 e. The van der Waals surface area contributed by atoms with E-state index in [0.717, 1.165) is 5.69 Å². The average Bonchev–Trinajstić information content (AvgIpc) is 2.96. The summed E-state index contributed by atoms with van der Waals surface area (Å²) in [6.07, 6.45) is 0. The van der Waals surface area contributed by atoms with E-state index in [1.54, 1.807) is 22.6 Å². The predicted octanol–water partition coefficient (Wildman–Crippen LogP) is 2.28. The van der Waals surface area contributed by atoms with Crippen molar-refractivity contribution < 1.29 is 4.79 Å². The van der Waals surface area contributed by atoms with Crippen LogP contribution in [-0.4, -0.2) is 38.1 Å². The molecule has 3 rings (SSSR count). The Kier molecular flexibility index (Phi) is 4.20. The quantitative estimate of drug-likeness (QED) is 0.740. The summed E-state index contributed by atoms with van der Waals surface area (Å²) >= 11 is 0. The first kappa shape index (κ1) is 16.0. The largest absolute Gasteiger partial charge is 0.338 e. The lowest BCUT2D eigenvalue weighted by Crippen LogP contribution is -2.33. The van der Waals surface area contributed by atoms with Crippen LogP contribution in [0.5, 0.6) is 0 Å². The number of rotatable bonds is 4. The van der Waals surface area contributed by atoms with E-state index in [2.05, 4.69) is 4.98 Å². The monoisotopic (exact) mass is 324 g/mol. The van der Waals surface area contributed by atoms with E-state index in [9.17, 15) is 9.59 Å². The van der Waals surface area contributed by atoms with E-state index in [1.165, 1.54) is 10.6 Å². The molecule has 0 N–H and O–H groups in total. The Morgan fingerprint density at radius 2 is 1.79 bits per heavy atom. The first-order chi connectivity index (χ1) is 11.6. The lowest BCUT2D eigenvalue weighted by atomic mass is 10.3. The number of benzene rings is 1. The average molecular weight is 324 g/mol. The minimum atomic E-state index is -0.208. The van der Waals surface area contributed by atoms with Gasteiger partial charge in [-0.05, 0) is 32.9 Å². The van der Waals surface area contributed by atoms with E-state index >= 15 is 0 Å². The second-order valence-corrected chi connectivity index (χ2v) is 5.56. The molecule has 24 heavy (non-hydrogen) atoms. The third-order valence-corrected chi connectivity index (χ3v) is 4.01. The van der Waals surface area contributed by atoms with Gasteiger partial charge in [0.05, 0.1) is 5.69 Å². The van der Waals surface area contributed by atoms with Crippen LogP contribution < -0.4 is 5.56 Å². The molecule has 0 aliphatic heterocycles. The predicted molar refractivity (Wildman–Crippen MR) is 92.8 cm³/mol. The SMILES string of the molecule is CCN(CC)C(=O)c1cc2nc(C)cc(=O)n2n1-c1ccccc1. The fourth-order valence-electron chi connectivity index (χ4n) is 2.85. The molecule has 0 bridgehead atoms. The summed E-state index contributed by atoms with van der Waals surface area (Å²) in [6, 6.07) is 12.5. The molecule has 1 amide bonds. The standard InChI is InChI=1S/C18H20N4O2/c1-4-20(5-2)18(24)15-12-16-19-13(3)11-17(23)22(16)21(15)14-9-7-6-8-10-14/h6-12H,4-5H2,1-3H3. The molecule has 3 aromatic rings. The number of hydrogen-bond donors (Lipinski definition) is 0. The van der Waals surface area contributed by atoms with Crippen LogP contribution in [0, 0.1) is 6.92 Å². The summed E-state index contributed by atoms with van der Waals surface area (Å²) < 4.78 is 3.09. The Balaban J connectivity index is 2.35. The van der Waals surface area contributed by atoms with Crippen LogP contribution in [-0.2, 0) is 0 Å². The van der Waals surface area contributed by atoms with Gasteiger partial charge >= 0.3 is 0 Å². The zero-order valence-corrected chi connectivity index (χ0v) is 14.1. The maximum atomic E-state index is 12.9. The van der Waals surface area contributed by atoms with Crippen LogP contribution in [0.2, 0.25) is 0 Å². The number of amides is 1. The van der Waals surface area contributed by atoms with Crippen LogP contribution in [0.1, 0.15) is 30.0 Å². The first-order valence-corrected chi connectivity index (χ1v) is 8.04. The van der Waals surface area contributed by atoms with Crippen molar-refractivity contribution in [3.63, 3.8) is 0 Å². The molecule has 6 heteroatoms. The summed E-state index contributed by atoms with van der Waals surface area (Å²) in [5.41, 5.74) is 2.07. The highest BCUT2D eigenvalue weighted by Gasteiger charge is 2.22. The third-order valence-electron chi connectivity index (χ3n) is 4.01. The van der Waals surface area contributed by atoms with Crippen molar-refractivity contribution in [1.82, 2.24) is 19.1 Å². The van der Waals surface area contributed by atoms with Crippen LogP contribution in [0.4, 0.5) is 0 Å². The molecule has 124 valence electrons. The number of hydrogen-bond acceptors (Lipinski definition) is 3. The van der Waals surface area contributed by atoms with Crippen molar-refractivity contribution in [3.05, 3.63) is 64.2 Å². The Bertz CT molecular complexity index is 937. The van der Waals surface area contributed by atoms with Gasteiger partial charge in [-0.2, -0.15) is 4.52 Å². The van der Waals surface area contributed by atoms with Gasteiger partial charge in [0, 0.05) is 30.9 Å². The molecule has 0 saturated carbocycles. The Labute approximate surface area is 139 Å². The normalized spacial score (nSPS) is 11.0. The second-order valence-electron chi connectivity index (χ2n) is 5.56. The van der Waals surface area contributed by atoms with E-state index in [-0.39, 0.29) is 11.5 Å². The maximum absolute atomic E-state index is 12.9. The van der Waals surface area contributed by atoms with Crippen LogP contribution >= 0.6 is 0 Å². The van der Waals surface area contributed by atoms with Gasteiger partial charge in [0.25, 0.3) is 11.5 Å². The Morgan fingerprint density at radius 3 is 2.42 bits per heavy atom. The number of carbonyl (C=O) groups excluding carboxylic acids is 1. The van der Waals surface area contributed by atoms with Gasteiger partial charge in [-0.1, -0.05) is 18.2 Å². The van der Waals surface area contributed by atoms with Crippen LogP contribution in [0.15, 0.2) is 47.3 Å². The highest BCUT2D eigenvalue weighted by atomic mass is 16.2. The van der Waals surface area contributed by atoms with Gasteiger partial charge in [-0.3, -0.25) is 9.59 Å². The molecule has 0 atom stereocenters. The van der Waals surface area contributed by atoms with E-state index in [4.69, 9.17) is 0 Å². The Hall–Kier alpha value is -2.89. The number of para-hydroxylation sites is 1. The van der Waals surface area contributed by atoms with Crippen LogP contribution in [0.25, 0.3) is 11.3 Å². The maximum Gasteiger partial charge on any atom is 0.273 e. The molecule has 1 aromatic carbocycles. The number of carbonyl (C=O) groups is 1. The topological polar surface area (TPSA) is 59.6 Å². The first-order valence-electron chi connectivity index (χ1n) is 8.04. The molecule has 0 aliphatic rings. The number of nitrogens with zero attached hydrogens (tertiary/aromatic N) is 4. The zero-order valence-electron chi connectivity index (χ0n) is 14.1. The molecule has 2 aromatic heterocycles. The van der Waals surface area contributed by atoms with Crippen molar-refractivity contribution in [1.29, 1.82) is 0 Å². The number of aryl methyl sites for hydroxylation is 1. The molecule has 0 fully saturated rings. The van der Waals surface area contributed by atoms with Gasteiger partial charge in [-0.25, -0.2) is 9.67 Å². The Morgan fingerprint density at radius 1 is 1.12 bits per heavy atom. The summed E-state index contributed by atoms with van der Waals surface area (Å²) in [5, 5.41) is 0. The van der Waals surface area contributed by atoms with Crippen molar-refractivity contribution in [2.75, 3.05) is 13.1 Å². The van der Waals surface area contributed by atoms with Gasteiger partial charge < -0.3 is 4.90 Å². The molecular formula is C18H20N4O2. The van der Waals surface area contributed by atoms with E-state index in [1.807, 2.05) is 44.2 Å². The van der Waals surface area contributed by atoms with Gasteiger partial charge in [0.15, 0.2) is 5.65 Å². The second kappa shape index (κ2) is 6.31. The minimum absolute atomic E-state index is 0.119. The fraction of sp³-hybridized carbons (Fsp3) is 0.278. The van der Waals surface area contributed by atoms with Crippen molar-refractivity contribution in [2.45, 2.75) is 20.8 Å². The molecule has 2 heterocycles. The lowest BCUT2D eigenvalue weighted by molar-refractivity contribution is 0.0763. The lowest BCUT2D eigenvalue weighted by Gasteiger charge is -2.19. The zero-order chi connectivity index (χ0) is 17.3. The molecule has 0 radical (unpaired) electrons. The fourth-order valence-corrected chi connectivity index (χ4v) is 2.85. The number of aromatic nitrogens is 3. The van der Waals surface area contributed by atoms with Crippen LogP contribution in [0.3, 0.4) is 0 Å². The summed E-state index contributed by atoms with van der Waals surface area (Å²) in [5.74, 6) is -0.119. The molecular weight excluding hydrogens is 304 g/mol. The molecule has 0 unspecified atom stereocenters.